The highest BCUT2D eigenvalue weighted by atomic mass is 16.4. The molecule has 0 aliphatic carbocycles. The molecule has 0 radical (unpaired) electrons. The van der Waals surface area contributed by atoms with Gasteiger partial charge in [-0.15, -0.1) is 0 Å². The highest BCUT2D eigenvalue weighted by Gasteiger charge is 2.15. The molecule has 104 valence electrons. The summed E-state index contributed by atoms with van der Waals surface area (Å²) in [6.07, 6.45) is 3.63. The number of ketones is 1. The van der Waals surface area contributed by atoms with E-state index in [0.717, 1.165) is 18.5 Å². The molecule has 0 bridgehead atoms. The molecule has 0 aliphatic heterocycles. The van der Waals surface area contributed by atoms with Crippen LogP contribution < -0.4 is 0 Å². The van der Waals surface area contributed by atoms with Crippen LogP contribution in [0.3, 0.4) is 0 Å². The number of aromatic carboxylic acids is 1. The van der Waals surface area contributed by atoms with Crippen LogP contribution >= 0.6 is 0 Å². The first kappa shape index (κ1) is 14.1. The zero-order chi connectivity index (χ0) is 14.7. The Kier molecular flexibility index (Phi) is 4.03. The third kappa shape index (κ3) is 2.79. The van der Waals surface area contributed by atoms with Crippen molar-refractivity contribution in [3.8, 4) is 5.69 Å². The molecule has 2 aromatic rings. The van der Waals surface area contributed by atoms with Gasteiger partial charge in [0.25, 0.3) is 0 Å². The standard InChI is InChI=1S/C16H17NO3/c1-3-4-12-5-7-14(8-6-12)17-10-13(11(2)18)9-15(17)16(19)20/h5-10H,3-4H2,1-2H3,(H,19,20). The summed E-state index contributed by atoms with van der Waals surface area (Å²) in [7, 11) is 0. The van der Waals surface area contributed by atoms with E-state index in [0.29, 0.717) is 5.56 Å². The summed E-state index contributed by atoms with van der Waals surface area (Å²) >= 11 is 0. The van der Waals surface area contributed by atoms with E-state index >= 15 is 0 Å². The van der Waals surface area contributed by atoms with Crippen LogP contribution in [0.2, 0.25) is 0 Å². The third-order valence-corrected chi connectivity index (χ3v) is 3.20. The maximum Gasteiger partial charge on any atom is 0.352 e. The van der Waals surface area contributed by atoms with Crippen molar-refractivity contribution in [3.63, 3.8) is 0 Å². The molecule has 20 heavy (non-hydrogen) atoms. The number of nitrogens with zero attached hydrogens (tertiary/aromatic N) is 1. The molecule has 1 heterocycles. The zero-order valence-electron chi connectivity index (χ0n) is 11.6. The van der Waals surface area contributed by atoms with Crippen LogP contribution in [0, 0.1) is 0 Å². The Labute approximate surface area is 117 Å². The van der Waals surface area contributed by atoms with E-state index in [1.54, 1.807) is 6.20 Å². The summed E-state index contributed by atoms with van der Waals surface area (Å²) in [5.74, 6) is -1.19. The molecular formula is C16H17NO3. The Morgan fingerprint density at radius 2 is 1.85 bits per heavy atom. The molecule has 0 atom stereocenters. The Hall–Kier alpha value is -2.36. The van der Waals surface area contributed by atoms with E-state index in [2.05, 4.69) is 6.92 Å². The van der Waals surface area contributed by atoms with Gasteiger partial charge in [-0.3, -0.25) is 4.79 Å². The zero-order valence-corrected chi connectivity index (χ0v) is 11.6. The van der Waals surface area contributed by atoms with Crippen LogP contribution in [-0.4, -0.2) is 21.4 Å². The summed E-state index contributed by atoms with van der Waals surface area (Å²) in [4.78, 5) is 22.7. The van der Waals surface area contributed by atoms with Gasteiger partial charge in [0.15, 0.2) is 5.78 Å². The van der Waals surface area contributed by atoms with Gasteiger partial charge in [-0.25, -0.2) is 4.79 Å². The van der Waals surface area contributed by atoms with Gasteiger partial charge in [-0.05, 0) is 37.1 Å². The van der Waals surface area contributed by atoms with Crippen molar-refractivity contribution in [2.75, 3.05) is 0 Å². The summed E-state index contributed by atoms with van der Waals surface area (Å²) < 4.78 is 1.54. The van der Waals surface area contributed by atoms with Gasteiger partial charge in [0, 0.05) is 17.4 Å². The molecule has 1 aromatic heterocycles. The summed E-state index contributed by atoms with van der Waals surface area (Å²) in [5.41, 5.74) is 2.46. The Bertz CT molecular complexity index is 638. The number of hydrogen-bond donors (Lipinski definition) is 1. The highest BCUT2D eigenvalue weighted by molar-refractivity contribution is 5.97. The summed E-state index contributed by atoms with van der Waals surface area (Å²) in [5, 5.41) is 9.23. The van der Waals surface area contributed by atoms with Gasteiger partial charge < -0.3 is 9.67 Å². The first-order chi connectivity index (χ1) is 9.52. The molecule has 0 fully saturated rings. The molecular weight excluding hydrogens is 254 g/mol. The van der Waals surface area contributed by atoms with E-state index < -0.39 is 5.97 Å². The predicted octanol–water partition coefficient (Wildman–Crippen LogP) is 3.33. The second kappa shape index (κ2) is 5.74. The smallest absolute Gasteiger partial charge is 0.352 e. The van der Waals surface area contributed by atoms with Gasteiger partial charge in [0.05, 0.1) is 0 Å². The Morgan fingerprint density at radius 1 is 1.20 bits per heavy atom. The molecule has 4 nitrogen and oxygen atoms in total. The fourth-order valence-electron chi connectivity index (χ4n) is 2.15. The molecule has 0 unspecified atom stereocenters. The minimum atomic E-state index is -1.05. The maximum absolute atomic E-state index is 11.4. The molecule has 0 saturated carbocycles. The van der Waals surface area contributed by atoms with E-state index in [-0.39, 0.29) is 11.5 Å². The number of carboxylic acids is 1. The number of benzene rings is 1. The van der Waals surface area contributed by atoms with Crippen LogP contribution in [0.4, 0.5) is 0 Å². The van der Waals surface area contributed by atoms with Gasteiger partial charge >= 0.3 is 5.97 Å². The van der Waals surface area contributed by atoms with E-state index in [1.807, 2.05) is 24.3 Å². The van der Waals surface area contributed by atoms with E-state index in [4.69, 9.17) is 0 Å². The van der Waals surface area contributed by atoms with E-state index in [1.165, 1.54) is 23.1 Å². The van der Waals surface area contributed by atoms with Gasteiger partial charge in [0.1, 0.15) is 5.69 Å². The number of aromatic nitrogens is 1. The van der Waals surface area contributed by atoms with Gasteiger partial charge in [-0.1, -0.05) is 25.5 Å². The lowest BCUT2D eigenvalue weighted by atomic mass is 10.1. The van der Waals surface area contributed by atoms with Crippen LogP contribution in [0.5, 0.6) is 0 Å². The number of rotatable bonds is 5. The SMILES string of the molecule is CCCc1ccc(-n2cc(C(C)=O)cc2C(=O)O)cc1. The van der Waals surface area contributed by atoms with Crippen molar-refractivity contribution in [1.29, 1.82) is 0 Å². The number of carbonyl (C=O) groups is 2. The molecule has 1 aromatic carbocycles. The number of Topliss-reactive ketones (excluding diaryl/α,β-unsaturated/α-hetero) is 1. The number of carbonyl (C=O) groups excluding carboxylic acids is 1. The lowest BCUT2D eigenvalue weighted by Crippen LogP contribution is -2.05. The predicted molar refractivity (Wildman–Crippen MR) is 76.7 cm³/mol. The van der Waals surface area contributed by atoms with Gasteiger partial charge in [-0.2, -0.15) is 0 Å². The molecule has 0 spiro atoms. The fraction of sp³-hybridized carbons (Fsp3) is 0.250. The van der Waals surface area contributed by atoms with Crippen molar-refractivity contribution in [1.82, 2.24) is 4.57 Å². The second-order valence-corrected chi connectivity index (χ2v) is 4.76. The topological polar surface area (TPSA) is 59.3 Å². The van der Waals surface area contributed by atoms with Crippen molar-refractivity contribution in [2.24, 2.45) is 0 Å². The minimum absolute atomic E-state index is 0.0958. The maximum atomic E-state index is 11.4. The first-order valence-corrected chi connectivity index (χ1v) is 6.59. The molecule has 4 heteroatoms. The summed E-state index contributed by atoms with van der Waals surface area (Å²) in [6, 6.07) is 9.13. The lowest BCUT2D eigenvalue weighted by molar-refractivity contribution is 0.0688. The number of carboxylic acid groups (broad SMARTS) is 1. The molecule has 2 rings (SSSR count). The van der Waals surface area contributed by atoms with Crippen molar-refractivity contribution in [2.45, 2.75) is 26.7 Å². The molecule has 0 saturated heterocycles. The van der Waals surface area contributed by atoms with Crippen molar-refractivity contribution in [3.05, 3.63) is 53.3 Å². The summed E-state index contributed by atoms with van der Waals surface area (Å²) in [6.45, 7) is 3.54. The second-order valence-electron chi connectivity index (χ2n) is 4.76. The highest BCUT2D eigenvalue weighted by Crippen LogP contribution is 2.18. The van der Waals surface area contributed by atoms with Crippen LogP contribution in [0.25, 0.3) is 5.69 Å². The van der Waals surface area contributed by atoms with Gasteiger partial charge in [0.2, 0.25) is 0 Å². The quantitative estimate of drug-likeness (QED) is 0.848. The van der Waals surface area contributed by atoms with Crippen LogP contribution in [0.1, 0.15) is 46.7 Å². The Balaban J connectivity index is 2.45. The largest absolute Gasteiger partial charge is 0.477 e. The first-order valence-electron chi connectivity index (χ1n) is 6.59. The molecule has 1 N–H and O–H groups in total. The fourth-order valence-corrected chi connectivity index (χ4v) is 2.15. The van der Waals surface area contributed by atoms with E-state index in [9.17, 15) is 14.7 Å². The third-order valence-electron chi connectivity index (χ3n) is 3.20. The lowest BCUT2D eigenvalue weighted by Gasteiger charge is -2.07. The normalized spacial score (nSPS) is 10.5. The van der Waals surface area contributed by atoms with Crippen LogP contribution in [0.15, 0.2) is 36.5 Å². The minimum Gasteiger partial charge on any atom is -0.477 e. The average Bonchev–Trinajstić information content (AvgIpc) is 2.85. The average molecular weight is 271 g/mol. The molecule has 0 aliphatic rings. The van der Waals surface area contributed by atoms with Crippen molar-refractivity contribution < 1.29 is 14.7 Å². The van der Waals surface area contributed by atoms with Crippen LogP contribution in [-0.2, 0) is 6.42 Å². The number of hydrogen-bond acceptors (Lipinski definition) is 2. The van der Waals surface area contributed by atoms with Crippen molar-refractivity contribution >= 4 is 11.8 Å². The monoisotopic (exact) mass is 271 g/mol. The molecule has 0 amide bonds. The number of aryl methyl sites for hydroxylation is 1. The Morgan fingerprint density at radius 3 is 2.35 bits per heavy atom.